The Morgan fingerprint density at radius 2 is 1.26 bits per heavy atom. The predicted molar refractivity (Wildman–Crippen MR) is 148 cm³/mol. The summed E-state index contributed by atoms with van der Waals surface area (Å²) < 4.78 is 0. The van der Waals surface area contributed by atoms with Crippen LogP contribution in [0.2, 0.25) is 0 Å². The van der Waals surface area contributed by atoms with Crippen molar-refractivity contribution in [3.63, 3.8) is 0 Å². The summed E-state index contributed by atoms with van der Waals surface area (Å²) in [7, 11) is -1.11. The Balaban J connectivity index is 1.85. The van der Waals surface area contributed by atoms with E-state index in [1.165, 1.54) is 21.9 Å². The second kappa shape index (κ2) is 10.1. The van der Waals surface area contributed by atoms with Gasteiger partial charge in [0.2, 0.25) is 0 Å². The second-order valence-corrected chi connectivity index (χ2v) is 16.5. The van der Waals surface area contributed by atoms with Gasteiger partial charge in [-0.3, -0.25) is 19.9 Å². The first-order valence-electron chi connectivity index (χ1n) is 11.7. The Bertz CT molecular complexity index is 1180. The van der Waals surface area contributed by atoms with Crippen LogP contribution in [0.5, 0.6) is 0 Å². The molecular formula is C28H34N4P2. The van der Waals surface area contributed by atoms with Crippen LogP contribution >= 0.6 is 15.8 Å². The summed E-state index contributed by atoms with van der Waals surface area (Å²) >= 11 is 0. The molecule has 2 aromatic carbocycles. The number of nitrogens with zero attached hydrogens (tertiary/aromatic N) is 4. The maximum atomic E-state index is 4.69. The van der Waals surface area contributed by atoms with Gasteiger partial charge in [-0.2, -0.15) is 0 Å². The van der Waals surface area contributed by atoms with Gasteiger partial charge in [0.1, 0.15) is 0 Å². The van der Waals surface area contributed by atoms with Gasteiger partial charge in [-0.05, 0) is 38.4 Å². The summed E-state index contributed by atoms with van der Waals surface area (Å²) in [5.74, 6) is 0. The molecule has 176 valence electrons. The average molecular weight is 489 g/mol. The minimum absolute atomic E-state index is 0.252. The van der Waals surface area contributed by atoms with Crippen LogP contribution in [0.25, 0.3) is 10.8 Å². The zero-order valence-electron chi connectivity index (χ0n) is 21.0. The van der Waals surface area contributed by atoms with Crippen molar-refractivity contribution in [1.29, 1.82) is 0 Å². The summed E-state index contributed by atoms with van der Waals surface area (Å²) in [5.41, 5.74) is 4.86. The Morgan fingerprint density at radius 3 is 1.79 bits per heavy atom. The smallest absolute Gasteiger partial charge is 0.0877 e. The standard InChI is InChI=1S/C28H34N4P2/c1-27(2,3)34(28(4,5)6)20-24-22(12-11-21-9-7-8-10-23(21)24)19-33(25-17-29-13-15-31-25)26-18-30-14-16-32-26/h7-18H,19-20H2,1-6H3. The highest BCUT2D eigenvalue weighted by atomic mass is 31.1. The van der Waals surface area contributed by atoms with Gasteiger partial charge in [0.15, 0.2) is 0 Å². The largest absolute Gasteiger partial charge is 0.261 e. The molecule has 4 rings (SSSR count). The average Bonchev–Trinajstić information content (AvgIpc) is 2.81. The van der Waals surface area contributed by atoms with Gasteiger partial charge in [-0.15, -0.1) is 0 Å². The topological polar surface area (TPSA) is 51.6 Å². The highest BCUT2D eigenvalue weighted by Gasteiger charge is 2.35. The van der Waals surface area contributed by atoms with Gasteiger partial charge in [0.05, 0.1) is 23.3 Å². The molecule has 0 saturated carbocycles. The molecular weight excluding hydrogens is 454 g/mol. The third-order valence-electron chi connectivity index (χ3n) is 6.05. The zero-order chi connectivity index (χ0) is 24.3. The number of fused-ring (bicyclic) bond motifs is 1. The van der Waals surface area contributed by atoms with E-state index < -0.39 is 7.92 Å². The van der Waals surface area contributed by atoms with Crippen molar-refractivity contribution in [3.05, 3.63) is 84.7 Å². The molecule has 0 saturated heterocycles. The van der Waals surface area contributed by atoms with Gasteiger partial charge < -0.3 is 0 Å². The summed E-state index contributed by atoms with van der Waals surface area (Å²) in [6.07, 6.45) is 12.8. The molecule has 0 aliphatic carbocycles. The molecule has 0 aliphatic heterocycles. The predicted octanol–water partition coefficient (Wildman–Crippen LogP) is 6.63. The van der Waals surface area contributed by atoms with Crippen LogP contribution in [0.15, 0.2) is 73.6 Å². The Labute approximate surface area is 206 Å². The molecule has 34 heavy (non-hydrogen) atoms. The fourth-order valence-electron chi connectivity index (χ4n) is 4.67. The number of benzene rings is 2. The lowest BCUT2D eigenvalue weighted by Crippen LogP contribution is -2.26. The van der Waals surface area contributed by atoms with E-state index in [2.05, 4.69) is 97.9 Å². The summed E-state index contributed by atoms with van der Waals surface area (Å²) in [5, 5.41) is 3.18. The third-order valence-corrected chi connectivity index (χ3v) is 12.2. The first kappa shape index (κ1) is 24.8. The molecule has 0 N–H and O–H groups in total. The Hall–Kier alpha value is -2.28. The van der Waals surface area contributed by atoms with Gasteiger partial charge >= 0.3 is 0 Å². The van der Waals surface area contributed by atoms with Crippen LogP contribution in [0.1, 0.15) is 52.7 Å². The minimum Gasteiger partial charge on any atom is -0.261 e. The number of hydrogen-bond acceptors (Lipinski definition) is 4. The molecule has 2 aromatic heterocycles. The maximum absolute atomic E-state index is 4.69. The molecule has 0 amide bonds. The van der Waals surface area contributed by atoms with E-state index in [1.807, 2.05) is 12.4 Å². The van der Waals surface area contributed by atoms with Crippen molar-refractivity contribution in [2.24, 2.45) is 0 Å². The second-order valence-electron chi connectivity index (χ2n) is 10.6. The van der Waals surface area contributed by atoms with Gasteiger partial charge in [0.25, 0.3) is 0 Å². The van der Waals surface area contributed by atoms with E-state index in [0.717, 1.165) is 23.2 Å². The summed E-state index contributed by atoms with van der Waals surface area (Å²) in [6.45, 7) is 14.4. The Kier molecular flexibility index (Phi) is 7.41. The van der Waals surface area contributed by atoms with Crippen molar-refractivity contribution in [3.8, 4) is 0 Å². The van der Waals surface area contributed by atoms with Gasteiger partial charge in [-0.1, -0.05) is 85.9 Å². The monoisotopic (exact) mass is 488 g/mol. The van der Waals surface area contributed by atoms with Crippen LogP contribution in [-0.4, -0.2) is 30.2 Å². The third kappa shape index (κ3) is 5.68. The maximum Gasteiger partial charge on any atom is 0.0877 e. The molecule has 0 spiro atoms. The van der Waals surface area contributed by atoms with Crippen molar-refractivity contribution < 1.29 is 0 Å². The van der Waals surface area contributed by atoms with Gasteiger partial charge in [0, 0.05) is 38.9 Å². The summed E-state index contributed by atoms with van der Waals surface area (Å²) in [4.78, 5) is 18.1. The fraction of sp³-hybridized carbons (Fsp3) is 0.357. The lowest BCUT2D eigenvalue weighted by Gasteiger charge is -2.42. The molecule has 0 aliphatic rings. The number of aromatic nitrogens is 4. The summed E-state index contributed by atoms with van der Waals surface area (Å²) in [6, 6.07) is 13.4. The molecule has 0 unspecified atom stereocenters. The quantitative estimate of drug-likeness (QED) is 0.286. The van der Waals surface area contributed by atoms with E-state index in [9.17, 15) is 0 Å². The van der Waals surface area contributed by atoms with Crippen LogP contribution in [-0.2, 0) is 12.3 Å². The first-order chi connectivity index (χ1) is 16.1. The van der Waals surface area contributed by atoms with Crippen molar-refractivity contribution >= 4 is 37.5 Å². The van der Waals surface area contributed by atoms with Gasteiger partial charge in [-0.25, -0.2) is 0 Å². The van der Waals surface area contributed by atoms with Crippen molar-refractivity contribution in [2.45, 2.75) is 64.2 Å². The number of rotatable bonds is 6. The lowest BCUT2D eigenvalue weighted by molar-refractivity contribution is 0.703. The normalized spacial score (nSPS) is 12.6. The van der Waals surface area contributed by atoms with E-state index in [1.54, 1.807) is 24.8 Å². The zero-order valence-corrected chi connectivity index (χ0v) is 22.8. The van der Waals surface area contributed by atoms with Crippen molar-refractivity contribution in [2.75, 3.05) is 0 Å². The van der Waals surface area contributed by atoms with Crippen LogP contribution < -0.4 is 10.9 Å². The van der Waals surface area contributed by atoms with E-state index in [-0.39, 0.29) is 18.2 Å². The minimum atomic E-state index is -0.820. The van der Waals surface area contributed by atoms with E-state index in [4.69, 9.17) is 0 Å². The molecule has 0 atom stereocenters. The van der Waals surface area contributed by atoms with Crippen molar-refractivity contribution in [1.82, 2.24) is 19.9 Å². The fourth-order valence-corrected chi connectivity index (χ4v) is 10.3. The molecule has 6 heteroatoms. The molecule has 4 aromatic rings. The van der Waals surface area contributed by atoms with Crippen LogP contribution in [0, 0.1) is 0 Å². The molecule has 0 radical (unpaired) electrons. The van der Waals surface area contributed by atoms with Crippen LogP contribution in [0.4, 0.5) is 0 Å². The van der Waals surface area contributed by atoms with Crippen LogP contribution in [0.3, 0.4) is 0 Å². The number of hydrogen-bond donors (Lipinski definition) is 0. The Morgan fingerprint density at radius 1 is 0.676 bits per heavy atom. The lowest BCUT2D eigenvalue weighted by atomic mass is 10.0. The molecule has 2 heterocycles. The SMILES string of the molecule is CC(C)(C)P(Cc1c(CP(c2cnccn2)c2cnccn2)ccc2ccccc12)C(C)(C)C. The molecule has 0 fully saturated rings. The first-order valence-corrected chi connectivity index (χ1v) is 14.8. The highest BCUT2D eigenvalue weighted by molar-refractivity contribution is 7.71. The molecule has 4 nitrogen and oxygen atoms in total. The highest BCUT2D eigenvalue weighted by Crippen LogP contribution is 2.62. The van der Waals surface area contributed by atoms with E-state index in [0.29, 0.717) is 0 Å². The van der Waals surface area contributed by atoms with E-state index >= 15 is 0 Å². The molecule has 0 bridgehead atoms.